The number of hydrogen-bond acceptors (Lipinski definition) is 3. The number of benzene rings is 1. The number of guanidine groups is 1. The summed E-state index contributed by atoms with van der Waals surface area (Å²) in [4.78, 5) is 24.2. The van der Waals surface area contributed by atoms with Gasteiger partial charge in [0.25, 0.3) is 0 Å². The Labute approximate surface area is 169 Å². The molecule has 0 radical (unpaired) electrons. The molecule has 6 heteroatoms. The van der Waals surface area contributed by atoms with Gasteiger partial charge in [0.05, 0.1) is 12.6 Å². The lowest BCUT2D eigenvalue weighted by molar-refractivity contribution is -0.135. The second-order valence-corrected chi connectivity index (χ2v) is 7.89. The number of hydrogen-bond donors (Lipinski definition) is 1. The van der Waals surface area contributed by atoms with E-state index in [2.05, 4.69) is 60.2 Å². The average Bonchev–Trinajstić information content (AvgIpc) is 3.25. The molecule has 28 heavy (non-hydrogen) atoms. The molecule has 6 nitrogen and oxygen atoms in total. The Morgan fingerprint density at radius 3 is 2.46 bits per heavy atom. The van der Waals surface area contributed by atoms with Crippen molar-refractivity contribution in [2.75, 3.05) is 45.8 Å². The standard InChI is InChI=1S/C22H35N5O/c1-4-23-22(24-17-20-9-7-8-18(2)16-20)27-14-12-25(13-15-27)19(3)21(28)26-10-5-6-11-26/h7-9,16,19H,4-6,10-15,17H2,1-3H3,(H,23,24). The van der Waals surface area contributed by atoms with E-state index in [-0.39, 0.29) is 6.04 Å². The molecule has 0 spiro atoms. The van der Waals surface area contributed by atoms with Crippen LogP contribution in [0, 0.1) is 6.92 Å². The van der Waals surface area contributed by atoms with Gasteiger partial charge in [0.15, 0.2) is 5.96 Å². The van der Waals surface area contributed by atoms with Crippen molar-refractivity contribution in [3.63, 3.8) is 0 Å². The molecule has 0 aromatic heterocycles. The Hall–Kier alpha value is -2.08. The highest BCUT2D eigenvalue weighted by Gasteiger charge is 2.30. The van der Waals surface area contributed by atoms with Gasteiger partial charge in [0.2, 0.25) is 5.91 Å². The van der Waals surface area contributed by atoms with Gasteiger partial charge in [-0.1, -0.05) is 29.8 Å². The molecule has 1 aromatic rings. The summed E-state index contributed by atoms with van der Waals surface area (Å²) in [7, 11) is 0. The van der Waals surface area contributed by atoms with E-state index in [0.717, 1.165) is 64.6 Å². The lowest BCUT2D eigenvalue weighted by Gasteiger charge is -2.39. The molecule has 154 valence electrons. The molecule has 2 aliphatic rings. The van der Waals surface area contributed by atoms with Gasteiger partial charge in [0, 0.05) is 45.8 Å². The lowest BCUT2D eigenvalue weighted by atomic mass is 10.1. The van der Waals surface area contributed by atoms with E-state index in [1.165, 1.54) is 11.1 Å². The monoisotopic (exact) mass is 385 g/mol. The quantitative estimate of drug-likeness (QED) is 0.623. The van der Waals surface area contributed by atoms with Crippen molar-refractivity contribution < 1.29 is 4.79 Å². The molecule has 1 unspecified atom stereocenters. The Morgan fingerprint density at radius 1 is 1.11 bits per heavy atom. The Kier molecular flexibility index (Phi) is 7.31. The van der Waals surface area contributed by atoms with Gasteiger partial charge < -0.3 is 15.1 Å². The molecule has 2 fully saturated rings. The molecular weight excluding hydrogens is 350 g/mol. The van der Waals surface area contributed by atoms with Crippen LogP contribution in [0.25, 0.3) is 0 Å². The zero-order chi connectivity index (χ0) is 19.9. The first-order valence-electron chi connectivity index (χ1n) is 10.7. The summed E-state index contributed by atoms with van der Waals surface area (Å²) < 4.78 is 0. The number of nitrogens with one attached hydrogen (secondary N) is 1. The molecule has 1 aromatic carbocycles. The molecule has 0 bridgehead atoms. The highest BCUT2D eigenvalue weighted by atomic mass is 16.2. The predicted octanol–water partition coefficient (Wildman–Crippen LogP) is 2.09. The maximum Gasteiger partial charge on any atom is 0.239 e. The van der Waals surface area contributed by atoms with Gasteiger partial charge in [-0.3, -0.25) is 9.69 Å². The Bertz CT molecular complexity index is 675. The lowest BCUT2D eigenvalue weighted by Crippen LogP contribution is -2.57. The molecule has 1 amide bonds. The minimum atomic E-state index is -0.0212. The average molecular weight is 386 g/mol. The number of carbonyl (C=O) groups excluding carboxylic acids is 1. The SMILES string of the molecule is CCNC(=NCc1cccc(C)c1)N1CCN(C(C)C(=O)N2CCCC2)CC1. The third kappa shape index (κ3) is 5.25. The van der Waals surface area contributed by atoms with E-state index < -0.39 is 0 Å². The zero-order valence-electron chi connectivity index (χ0n) is 17.7. The van der Waals surface area contributed by atoms with E-state index in [1.807, 2.05) is 4.90 Å². The van der Waals surface area contributed by atoms with Crippen LogP contribution in [0.5, 0.6) is 0 Å². The van der Waals surface area contributed by atoms with Gasteiger partial charge >= 0.3 is 0 Å². The fraction of sp³-hybridized carbons (Fsp3) is 0.636. The van der Waals surface area contributed by atoms with E-state index in [4.69, 9.17) is 4.99 Å². The van der Waals surface area contributed by atoms with Crippen LogP contribution in [0.4, 0.5) is 0 Å². The third-order valence-electron chi connectivity index (χ3n) is 5.77. The normalized spacial score (nSPS) is 19.8. The van der Waals surface area contributed by atoms with Crippen molar-refractivity contribution >= 4 is 11.9 Å². The van der Waals surface area contributed by atoms with Gasteiger partial charge in [-0.05, 0) is 39.2 Å². The minimum Gasteiger partial charge on any atom is -0.357 e. The smallest absolute Gasteiger partial charge is 0.239 e. The molecule has 0 saturated carbocycles. The van der Waals surface area contributed by atoms with Crippen LogP contribution < -0.4 is 5.32 Å². The Morgan fingerprint density at radius 2 is 1.82 bits per heavy atom. The minimum absolute atomic E-state index is 0.0212. The summed E-state index contributed by atoms with van der Waals surface area (Å²) in [6.07, 6.45) is 2.30. The highest BCUT2D eigenvalue weighted by molar-refractivity contribution is 5.82. The number of carbonyl (C=O) groups is 1. The van der Waals surface area contributed by atoms with Crippen LogP contribution in [0.2, 0.25) is 0 Å². The summed E-state index contributed by atoms with van der Waals surface area (Å²) in [5.41, 5.74) is 2.50. The van der Waals surface area contributed by atoms with E-state index in [1.54, 1.807) is 0 Å². The number of piperazine rings is 1. The van der Waals surface area contributed by atoms with Crippen LogP contribution in [-0.4, -0.2) is 78.4 Å². The summed E-state index contributed by atoms with van der Waals surface area (Å²) >= 11 is 0. The molecular formula is C22H35N5O. The van der Waals surface area contributed by atoms with E-state index in [0.29, 0.717) is 12.5 Å². The fourth-order valence-electron chi connectivity index (χ4n) is 4.08. The highest BCUT2D eigenvalue weighted by Crippen LogP contribution is 2.14. The van der Waals surface area contributed by atoms with Crippen LogP contribution in [-0.2, 0) is 11.3 Å². The first-order chi connectivity index (χ1) is 13.6. The number of likely N-dealkylation sites (tertiary alicyclic amines) is 1. The number of aryl methyl sites for hydroxylation is 1. The fourth-order valence-corrected chi connectivity index (χ4v) is 4.08. The van der Waals surface area contributed by atoms with Crippen molar-refractivity contribution in [3.05, 3.63) is 35.4 Å². The molecule has 2 saturated heterocycles. The predicted molar refractivity (Wildman–Crippen MR) is 114 cm³/mol. The Balaban J connectivity index is 1.56. The third-order valence-corrected chi connectivity index (χ3v) is 5.77. The molecule has 1 N–H and O–H groups in total. The molecule has 2 heterocycles. The van der Waals surface area contributed by atoms with Crippen molar-refractivity contribution in [2.45, 2.75) is 46.2 Å². The second kappa shape index (κ2) is 9.92. The second-order valence-electron chi connectivity index (χ2n) is 7.89. The molecule has 2 aliphatic heterocycles. The maximum absolute atomic E-state index is 12.7. The first kappa shape index (κ1) is 20.6. The maximum atomic E-state index is 12.7. The molecule has 0 aliphatic carbocycles. The van der Waals surface area contributed by atoms with Gasteiger partial charge in [-0.15, -0.1) is 0 Å². The van der Waals surface area contributed by atoms with Crippen LogP contribution in [0.15, 0.2) is 29.3 Å². The summed E-state index contributed by atoms with van der Waals surface area (Å²) in [5, 5.41) is 3.43. The summed E-state index contributed by atoms with van der Waals surface area (Å²) in [6.45, 7) is 13.3. The van der Waals surface area contributed by atoms with Crippen LogP contribution in [0.1, 0.15) is 37.8 Å². The number of amides is 1. The van der Waals surface area contributed by atoms with E-state index in [9.17, 15) is 4.79 Å². The van der Waals surface area contributed by atoms with Crippen LogP contribution in [0.3, 0.4) is 0 Å². The molecule has 3 rings (SSSR count). The van der Waals surface area contributed by atoms with Gasteiger partial charge in [0.1, 0.15) is 0 Å². The molecule has 1 atom stereocenters. The van der Waals surface area contributed by atoms with Gasteiger partial charge in [-0.2, -0.15) is 0 Å². The van der Waals surface area contributed by atoms with Crippen molar-refractivity contribution in [1.29, 1.82) is 0 Å². The summed E-state index contributed by atoms with van der Waals surface area (Å²) in [5.74, 6) is 1.27. The van der Waals surface area contributed by atoms with Crippen molar-refractivity contribution in [2.24, 2.45) is 4.99 Å². The number of aliphatic imine (C=N–C) groups is 1. The number of rotatable bonds is 5. The van der Waals surface area contributed by atoms with Gasteiger partial charge in [-0.25, -0.2) is 4.99 Å². The van der Waals surface area contributed by atoms with E-state index >= 15 is 0 Å². The van der Waals surface area contributed by atoms with Crippen molar-refractivity contribution in [1.82, 2.24) is 20.0 Å². The topological polar surface area (TPSA) is 51.2 Å². The first-order valence-corrected chi connectivity index (χ1v) is 10.7. The summed E-state index contributed by atoms with van der Waals surface area (Å²) in [6, 6.07) is 8.50. The zero-order valence-corrected chi connectivity index (χ0v) is 17.7. The number of nitrogens with zero attached hydrogens (tertiary/aromatic N) is 4. The van der Waals surface area contributed by atoms with Crippen molar-refractivity contribution in [3.8, 4) is 0 Å². The largest absolute Gasteiger partial charge is 0.357 e. The van der Waals surface area contributed by atoms with Crippen LogP contribution >= 0.6 is 0 Å².